The fraction of sp³-hybridized carbons (Fsp3) is 0. The van der Waals surface area contributed by atoms with Crippen molar-refractivity contribution in [2.75, 3.05) is 0 Å². The molecular formula is C111H69N9. The van der Waals surface area contributed by atoms with Gasteiger partial charge in [0.05, 0.1) is 67.3 Å². The van der Waals surface area contributed by atoms with E-state index in [1.807, 2.05) is 91.5 Å². The molecule has 0 aliphatic rings. The topological polar surface area (TPSA) is 116 Å². The molecule has 558 valence electrons. The van der Waals surface area contributed by atoms with Gasteiger partial charge in [-0.2, -0.15) is 0 Å². The minimum absolute atomic E-state index is 0.868. The van der Waals surface area contributed by atoms with Crippen LogP contribution >= 0.6 is 0 Å². The Morgan fingerprint density at radius 3 is 0.792 bits per heavy atom. The Hall–Kier alpha value is -16.2. The number of aromatic nitrogens is 9. The zero-order valence-electron chi connectivity index (χ0n) is 64.9. The first-order valence-electron chi connectivity index (χ1n) is 40.3. The highest BCUT2D eigenvalue weighted by Crippen LogP contribution is 2.46. The van der Waals surface area contributed by atoms with Gasteiger partial charge in [-0.05, 0) is 132 Å². The van der Waals surface area contributed by atoms with E-state index in [2.05, 4.69) is 345 Å². The lowest BCUT2D eigenvalue weighted by molar-refractivity contribution is 1.25. The quantitative estimate of drug-likeness (QED) is 0.103. The smallest absolute Gasteiger partial charge is 0.0964 e. The van der Waals surface area contributed by atoms with Crippen molar-refractivity contribution in [3.8, 4) is 101 Å². The summed E-state index contributed by atoms with van der Waals surface area (Å²) in [5.74, 6) is 0. The fourth-order valence-electron chi connectivity index (χ4n) is 17.5. The van der Waals surface area contributed by atoms with Crippen molar-refractivity contribution in [1.82, 2.24) is 44.9 Å². The summed E-state index contributed by atoms with van der Waals surface area (Å²) in [7, 11) is 0. The number of benzene rings is 15. The van der Waals surface area contributed by atoms with Gasteiger partial charge in [0.25, 0.3) is 0 Å². The van der Waals surface area contributed by atoms with Gasteiger partial charge in [-0.25, -0.2) is 15.0 Å². The zero-order chi connectivity index (χ0) is 79.4. The molecule has 9 heteroatoms. The molecule has 15 aromatic carbocycles. The van der Waals surface area contributed by atoms with Gasteiger partial charge in [0.2, 0.25) is 0 Å². The van der Waals surface area contributed by atoms with E-state index in [4.69, 9.17) is 15.0 Å². The highest BCUT2D eigenvalue weighted by molar-refractivity contribution is 6.25. The molecule has 0 saturated carbocycles. The molecule has 0 unspecified atom stereocenters. The second-order valence-corrected chi connectivity index (χ2v) is 30.2. The van der Waals surface area contributed by atoms with Crippen LogP contribution in [0.2, 0.25) is 0 Å². The lowest BCUT2D eigenvalue weighted by Gasteiger charge is -2.15. The molecule has 0 fully saturated rings. The summed E-state index contributed by atoms with van der Waals surface area (Å²) < 4.78 is 0. The fourth-order valence-corrected chi connectivity index (χ4v) is 17.5. The first kappa shape index (κ1) is 70.4. The molecule has 0 saturated heterocycles. The standard InChI is InChI=1S/3C37H23N3/c1-3-10-28-24(8-1)18-20-31-34(32-21-19-25-9-2-4-11-29(25)36(32)40-35(28)31)27-16-14-26(15-17-27)30-12-7-23-39-37(30)33-13-5-6-22-38-33;1-3-9-29-25(7-1)16-19-31-35(32-20-17-26-8-2-4-10-30(26)37(32)40-36(29)31)27-14-12-24(13-15-27)28-18-21-34(39-23-28)33-11-5-6-22-38-33;1-3-9-29-25(7-1)16-18-31-35(32-19-17-26-8-2-4-10-30(26)37(32)40-36(29)31)27-14-12-24(13-15-27)28-20-22-39-34(23-28)33-11-5-6-21-38-33/h3*1-23H. The van der Waals surface area contributed by atoms with E-state index in [-0.39, 0.29) is 0 Å². The number of hydrogen-bond acceptors (Lipinski definition) is 9. The maximum Gasteiger partial charge on any atom is 0.0964 e. The minimum atomic E-state index is 0.868. The third-order valence-corrected chi connectivity index (χ3v) is 23.3. The molecule has 9 nitrogen and oxygen atoms in total. The number of pyridine rings is 9. The summed E-state index contributed by atoms with van der Waals surface area (Å²) in [5.41, 5.74) is 25.2. The molecule has 24 aromatic rings. The van der Waals surface area contributed by atoms with E-state index in [9.17, 15) is 0 Å². The van der Waals surface area contributed by atoms with Crippen molar-refractivity contribution in [2.45, 2.75) is 0 Å². The summed E-state index contributed by atoms with van der Waals surface area (Å²) in [6, 6.07) is 134. The Bertz CT molecular complexity index is 7830. The van der Waals surface area contributed by atoms with Crippen molar-refractivity contribution in [3.63, 3.8) is 0 Å². The van der Waals surface area contributed by atoms with Crippen LogP contribution in [0.15, 0.2) is 419 Å². The van der Waals surface area contributed by atoms with Crippen LogP contribution in [0.5, 0.6) is 0 Å². The van der Waals surface area contributed by atoms with Gasteiger partial charge >= 0.3 is 0 Å². The highest BCUT2D eigenvalue weighted by atomic mass is 14.8. The van der Waals surface area contributed by atoms with E-state index in [1.165, 1.54) is 92.5 Å². The molecule has 0 bridgehead atoms. The summed E-state index contributed by atoms with van der Waals surface area (Å²) in [4.78, 5) is 43.3. The van der Waals surface area contributed by atoms with Crippen LogP contribution in [0.1, 0.15) is 0 Å². The van der Waals surface area contributed by atoms with E-state index < -0.39 is 0 Å². The Morgan fingerprint density at radius 1 is 0.150 bits per heavy atom. The molecule has 0 amide bonds. The maximum atomic E-state index is 5.32. The second-order valence-electron chi connectivity index (χ2n) is 30.2. The van der Waals surface area contributed by atoms with E-state index in [0.717, 1.165) is 139 Å². The summed E-state index contributed by atoms with van der Waals surface area (Å²) in [6.45, 7) is 0. The third kappa shape index (κ3) is 12.7. The first-order valence-corrected chi connectivity index (χ1v) is 40.3. The molecule has 0 aliphatic carbocycles. The molecule has 0 aliphatic heterocycles. The van der Waals surface area contributed by atoms with Crippen LogP contribution in [0.3, 0.4) is 0 Å². The van der Waals surface area contributed by atoms with Gasteiger partial charge in [0.15, 0.2) is 0 Å². The van der Waals surface area contributed by atoms with Crippen molar-refractivity contribution in [1.29, 1.82) is 0 Å². The highest BCUT2D eigenvalue weighted by Gasteiger charge is 2.21. The first-order chi connectivity index (χ1) is 59.5. The Labute approximate surface area is 690 Å². The Balaban J connectivity index is 0.000000108. The largest absolute Gasteiger partial charge is 0.255 e. The van der Waals surface area contributed by atoms with Gasteiger partial charge in [-0.1, -0.05) is 322 Å². The van der Waals surface area contributed by atoms with Crippen molar-refractivity contribution >= 4 is 130 Å². The number of nitrogens with zero attached hydrogens (tertiary/aromatic N) is 9. The summed E-state index contributed by atoms with van der Waals surface area (Å²) >= 11 is 0. The minimum Gasteiger partial charge on any atom is -0.255 e. The van der Waals surface area contributed by atoms with E-state index in [1.54, 1.807) is 12.4 Å². The predicted octanol–water partition coefficient (Wildman–Crippen LogP) is 28.5. The van der Waals surface area contributed by atoms with Crippen LogP contribution in [-0.4, -0.2) is 44.9 Å². The van der Waals surface area contributed by atoms with Crippen LogP contribution in [-0.2, 0) is 0 Å². The predicted molar refractivity (Wildman–Crippen MR) is 498 cm³/mol. The van der Waals surface area contributed by atoms with Crippen molar-refractivity contribution < 1.29 is 0 Å². The molecule has 9 heterocycles. The third-order valence-electron chi connectivity index (χ3n) is 23.3. The zero-order valence-corrected chi connectivity index (χ0v) is 64.9. The Morgan fingerprint density at radius 2 is 0.442 bits per heavy atom. The van der Waals surface area contributed by atoms with Crippen LogP contribution in [0.4, 0.5) is 0 Å². The molecule has 9 aromatic heterocycles. The summed E-state index contributed by atoms with van der Waals surface area (Å²) in [6.07, 6.45) is 11.0. The molecule has 24 rings (SSSR count). The van der Waals surface area contributed by atoms with Crippen molar-refractivity contribution in [2.24, 2.45) is 0 Å². The van der Waals surface area contributed by atoms with Gasteiger partial charge in [0.1, 0.15) is 0 Å². The van der Waals surface area contributed by atoms with Gasteiger partial charge in [0, 0.05) is 130 Å². The lowest BCUT2D eigenvalue weighted by atomic mass is 9.91. The number of hydrogen-bond donors (Lipinski definition) is 0. The molecule has 0 N–H and O–H groups in total. The lowest BCUT2D eigenvalue weighted by Crippen LogP contribution is -1.93. The van der Waals surface area contributed by atoms with E-state index in [0.29, 0.717) is 0 Å². The molecule has 0 radical (unpaired) electrons. The molecule has 0 atom stereocenters. The monoisotopic (exact) mass is 1530 g/mol. The Kier molecular flexibility index (Phi) is 17.7. The normalized spacial score (nSPS) is 11.5. The molecule has 120 heavy (non-hydrogen) atoms. The molecular weight excluding hydrogens is 1460 g/mol. The maximum absolute atomic E-state index is 5.32. The van der Waals surface area contributed by atoms with Crippen LogP contribution in [0, 0.1) is 0 Å². The van der Waals surface area contributed by atoms with Gasteiger partial charge < -0.3 is 0 Å². The average molecular weight is 1530 g/mol. The van der Waals surface area contributed by atoms with Crippen LogP contribution < -0.4 is 0 Å². The average Bonchev–Trinajstić information content (AvgIpc) is 0.738. The number of fused-ring (bicyclic) bond motifs is 18. The SMILES string of the molecule is c1ccc(-c2cc(-c3ccc(-c4c5ccc6ccccc6c5nc5c4ccc4ccccc45)cc3)ccn2)nc1.c1ccc(-c2ccc(-c3ccc(-c4c5ccc6ccccc6c5nc5c4ccc4ccccc45)cc3)cn2)nc1.c1ccc(-c2ncccc2-c2ccc(-c3c4ccc5ccccc5c4nc4c3ccc3ccccc34)cc2)nc1. The molecule has 0 spiro atoms. The van der Waals surface area contributed by atoms with Gasteiger partial charge in [-0.15, -0.1) is 0 Å². The van der Waals surface area contributed by atoms with Gasteiger partial charge in [-0.3, -0.25) is 29.9 Å². The van der Waals surface area contributed by atoms with E-state index >= 15 is 0 Å². The second kappa shape index (κ2) is 30.2. The van der Waals surface area contributed by atoms with Crippen LogP contribution in [0.25, 0.3) is 231 Å². The number of rotatable bonds is 9. The summed E-state index contributed by atoms with van der Waals surface area (Å²) in [5, 5.41) is 21.2. The van der Waals surface area contributed by atoms with Crippen molar-refractivity contribution in [3.05, 3.63) is 419 Å².